The average molecular weight is 285 g/mol. The van der Waals surface area contributed by atoms with Crippen molar-refractivity contribution in [2.24, 2.45) is 4.99 Å². The van der Waals surface area contributed by atoms with Crippen LogP contribution in [-0.2, 0) is 9.53 Å². The number of nitrogens with zero attached hydrogens (tertiary/aromatic N) is 1. The van der Waals surface area contributed by atoms with Gasteiger partial charge in [0.25, 0.3) is 0 Å². The molecule has 0 unspecified atom stereocenters. The van der Waals surface area contributed by atoms with Crippen molar-refractivity contribution >= 4 is 11.7 Å². The van der Waals surface area contributed by atoms with Crippen LogP contribution in [-0.4, -0.2) is 29.9 Å². The molecular formula is C16H12FNO3. The van der Waals surface area contributed by atoms with Crippen LogP contribution in [0.25, 0.3) is 11.1 Å². The Labute approximate surface area is 120 Å². The van der Waals surface area contributed by atoms with E-state index in [0.717, 1.165) is 0 Å². The number of esters is 1. The van der Waals surface area contributed by atoms with Gasteiger partial charge < -0.3 is 9.84 Å². The Balaban J connectivity index is 1.97. The van der Waals surface area contributed by atoms with E-state index in [2.05, 4.69) is 4.99 Å². The molecule has 0 radical (unpaired) electrons. The molecule has 0 fully saturated rings. The molecule has 4 nitrogen and oxygen atoms in total. The Morgan fingerprint density at radius 2 is 1.95 bits per heavy atom. The summed E-state index contributed by atoms with van der Waals surface area (Å²) in [6, 6.07) is 11.2. The number of hydrogen-bond donors (Lipinski definition) is 1. The number of cyclic esters (lactones) is 1. The van der Waals surface area contributed by atoms with Crippen LogP contribution in [0.5, 0.6) is 5.75 Å². The Morgan fingerprint density at radius 1 is 1.14 bits per heavy atom. The van der Waals surface area contributed by atoms with Crippen molar-refractivity contribution in [3.63, 3.8) is 0 Å². The molecule has 21 heavy (non-hydrogen) atoms. The van der Waals surface area contributed by atoms with Gasteiger partial charge >= 0.3 is 5.97 Å². The van der Waals surface area contributed by atoms with E-state index in [1.54, 1.807) is 30.3 Å². The summed E-state index contributed by atoms with van der Waals surface area (Å²) in [5, 5.41) is 9.79. The molecule has 0 atom stereocenters. The molecule has 0 aromatic heterocycles. The fourth-order valence-corrected chi connectivity index (χ4v) is 2.19. The number of carbonyl (C=O) groups excluding carboxylic acids is 1. The molecular weight excluding hydrogens is 273 g/mol. The number of para-hydroxylation sites is 1. The van der Waals surface area contributed by atoms with E-state index >= 15 is 0 Å². The van der Waals surface area contributed by atoms with Crippen molar-refractivity contribution in [3.8, 4) is 16.9 Å². The van der Waals surface area contributed by atoms with Crippen molar-refractivity contribution < 1.29 is 19.0 Å². The quantitative estimate of drug-likeness (QED) is 0.863. The normalized spacial score (nSPS) is 14.5. The van der Waals surface area contributed by atoms with Gasteiger partial charge in [-0.05, 0) is 12.1 Å². The third kappa shape index (κ3) is 2.63. The average Bonchev–Trinajstić information content (AvgIpc) is 2.49. The van der Waals surface area contributed by atoms with Crippen LogP contribution in [0.15, 0.2) is 47.5 Å². The highest BCUT2D eigenvalue weighted by Gasteiger charge is 2.16. The summed E-state index contributed by atoms with van der Waals surface area (Å²) in [5.41, 5.74) is 1.85. The first-order chi connectivity index (χ1) is 10.1. The van der Waals surface area contributed by atoms with Gasteiger partial charge in [-0.3, -0.25) is 9.79 Å². The van der Waals surface area contributed by atoms with Gasteiger partial charge in [0.15, 0.2) is 0 Å². The Bertz CT molecular complexity index is 740. The summed E-state index contributed by atoms with van der Waals surface area (Å²) in [5.74, 6) is -0.827. The van der Waals surface area contributed by atoms with Crippen LogP contribution < -0.4 is 0 Å². The number of benzene rings is 2. The molecule has 106 valence electrons. The maximum atomic E-state index is 14.3. The SMILES string of the molecule is O=C1CN=C(c2ccc(-c3ccccc3O)c(F)c2)CO1. The second kappa shape index (κ2) is 5.36. The summed E-state index contributed by atoms with van der Waals surface area (Å²) in [4.78, 5) is 15.0. The lowest BCUT2D eigenvalue weighted by Crippen LogP contribution is -2.23. The van der Waals surface area contributed by atoms with Gasteiger partial charge in [0.05, 0.1) is 5.71 Å². The molecule has 0 aliphatic carbocycles. The van der Waals surface area contributed by atoms with Crippen molar-refractivity contribution in [1.82, 2.24) is 0 Å². The topological polar surface area (TPSA) is 58.9 Å². The molecule has 0 saturated carbocycles. The maximum Gasteiger partial charge on any atom is 0.328 e. The minimum atomic E-state index is -0.464. The van der Waals surface area contributed by atoms with Gasteiger partial charge in [-0.2, -0.15) is 0 Å². The number of halogens is 1. The number of carbonyl (C=O) groups is 1. The smallest absolute Gasteiger partial charge is 0.328 e. The number of rotatable bonds is 2. The molecule has 0 spiro atoms. The van der Waals surface area contributed by atoms with Crippen molar-refractivity contribution in [2.45, 2.75) is 0 Å². The number of phenols is 1. The van der Waals surface area contributed by atoms with Gasteiger partial charge in [0.2, 0.25) is 0 Å². The Morgan fingerprint density at radius 3 is 2.62 bits per heavy atom. The summed E-state index contributed by atoms with van der Waals surface area (Å²) in [6.45, 7) is 0.00633. The highest BCUT2D eigenvalue weighted by Crippen LogP contribution is 2.31. The molecule has 5 heteroatoms. The first-order valence-electron chi connectivity index (χ1n) is 6.42. The highest BCUT2D eigenvalue weighted by atomic mass is 19.1. The molecule has 1 heterocycles. The summed E-state index contributed by atoms with van der Waals surface area (Å²) >= 11 is 0. The largest absolute Gasteiger partial charge is 0.507 e. The lowest BCUT2D eigenvalue weighted by molar-refractivity contribution is -0.140. The van der Waals surface area contributed by atoms with Gasteiger partial charge in [0.1, 0.15) is 24.7 Å². The molecule has 0 saturated heterocycles. The summed E-state index contributed by atoms with van der Waals surface area (Å²) < 4.78 is 19.2. The first kappa shape index (κ1) is 13.3. The lowest BCUT2D eigenvalue weighted by atomic mass is 10.0. The number of aliphatic imine (C=N–C) groups is 1. The minimum absolute atomic E-state index is 0.0214. The molecule has 0 bridgehead atoms. The van der Waals surface area contributed by atoms with Crippen molar-refractivity contribution in [2.75, 3.05) is 13.2 Å². The van der Waals surface area contributed by atoms with Gasteiger partial charge in [-0.1, -0.05) is 30.3 Å². The van der Waals surface area contributed by atoms with Crippen LogP contribution >= 0.6 is 0 Å². The number of phenolic OH excluding ortho intramolecular Hbond substituents is 1. The van der Waals surface area contributed by atoms with E-state index in [1.165, 1.54) is 12.1 Å². The van der Waals surface area contributed by atoms with E-state index in [9.17, 15) is 14.3 Å². The monoisotopic (exact) mass is 285 g/mol. The molecule has 1 N–H and O–H groups in total. The highest BCUT2D eigenvalue weighted by molar-refractivity contribution is 6.04. The predicted octanol–water partition coefficient (Wildman–Crippen LogP) is 2.54. The van der Waals surface area contributed by atoms with E-state index < -0.39 is 5.82 Å². The second-order valence-electron chi connectivity index (χ2n) is 4.64. The molecule has 3 rings (SSSR count). The number of hydrogen-bond acceptors (Lipinski definition) is 4. The second-order valence-corrected chi connectivity index (χ2v) is 4.64. The predicted molar refractivity (Wildman–Crippen MR) is 75.9 cm³/mol. The number of ether oxygens (including phenoxy) is 1. The van der Waals surface area contributed by atoms with Gasteiger partial charge in [-0.25, -0.2) is 4.39 Å². The lowest BCUT2D eigenvalue weighted by Gasteiger charge is -2.14. The van der Waals surface area contributed by atoms with E-state index in [4.69, 9.17) is 4.74 Å². The summed E-state index contributed by atoms with van der Waals surface area (Å²) in [7, 11) is 0. The Hall–Kier alpha value is -2.69. The van der Waals surface area contributed by atoms with Gasteiger partial charge in [0, 0.05) is 16.7 Å². The van der Waals surface area contributed by atoms with Crippen LogP contribution in [0.2, 0.25) is 0 Å². The van der Waals surface area contributed by atoms with Crippen LogP contribution in [0, 0.1) is 5.82 Å². The first-order valence-corrected chi connectivity index (χ1v) is 6.42. The van der Waals surface area contributed by atoms with E-state index in [0.29, 0.717) is 22.4 Å². The third-order valence-corrected chi connectivity index (χ3v) is 3.27. The zero-order valence-electron chi connectivity index (χ0n) is 11.0. The standard InChI is InChI=1S/C16H12FNO3/c17-13-7-10(14-9-21-16(20)8-18-14)5-6-11(13)12-3-1-2-4-15(12)19/h1-7,19H,8-9H2. The fourth-order valence-electron chi connectivity index (χ4n) is 2.19. The molecule has 2 aromatic carbocycles. The van der Waals surface area contributed by atoms with Crippen molar-refractivity contribution in [3.05, 3.63) is 53.8 Å². The van der Waals surface area contributed by atoms with Crippen LogP contribution in [0.3, 0.4) is 0 Å². The van der Waals surface area contributed by atoms with Crippen molar-refractivity contribution in [1.29, 1.82) is 0 Å². The molecule has 1 aliphatic heterocycles. The van der Waals surface area contributed by atoms with Gasteiger partial charge in [-0.15, -0.1) is 0 Å². The van der Waals surface area contributed by atoms with E-state index in [-0.39, 0.29) is 24.9 Å². The zero-order chi connectivity index (χ0) is 14.8. The molecule has 2 aromatic rings. The van der Waals surface area contributed by atoms with Crippen LogP contribution in [0.1, 0.15) is 5.56 Å². The van der Waals surface area contributed by atoms with Crippen LogP contribution in [0.4, 0.5) is 4.39 Å². The summed E-state index contributed by atoms with van der Waals surface area (Å²) in [6.07, 6.45) is 0. The Kier molecular flexibility index (Phi) is 3.39. The fraction of sp³-hybridized carbons (Fsp3) is 0.125. The zero-order valence-corrected chi connectivity index (χ0v) is 11.0. The maximum absolute atomic E-state index is 14.3. The molecule has 1 aliphatic rings. The number of aromatic hydroxyl groups is 1. The minimum Gasteiger partial charge on any atom is -0.507 e. The molecule has 0 amide bonds. The third-order valence-electron chi connectivity index (χ3n) is 3.27. The van der Waals surface area contributed by atoms with E-state index in [1.807, 2.05) is 0 Å².